The number of benzene rings is 2. The van der Waals surface area contributed by atoms with E-state index in [1.807, 2.05) is 36.4 Å². The Morgan fingerprint density at radius 2 is 1.90 bits per heavy atom. The summed E-state index contributed by atoms with van der Waals surface area (Å²) < 4.78 is 11.5. The van der Waals surface area contributed by atoms with Crippen molar-refractivity contribution in [3.05, 3.63) is 64.1 Å². The van der Waals surface area contributed by atoms with Crippen molar-refractivity contribution in [3.63, 3.8) is 0 Å². The first-order chi connectivity index (χ1) is 9.70. The maximum Gasteiger partial charge on any atom is 0.338 e. The maximum absolute atomic E-state index is 11.6. The standard InChI is InChI=1S/C16H15BrO3/c1-2-19-16(18)12-8-9-13(15(17)10-12)11-20-14-6-4-3-5-7-14/h3-10H,2,11H2,1H3. The SMILES string of the molecule is CCOC(=O)c1ccc(COc2ccccc2)c(Br)c1. The Morgan fingerprint density at radius 3 is 2.55 bits per heavy atom. The molecule has 2 rings (SSSR count). The van der Waals surface area contributed by atoms with Crippen LogP contribution in [0.1, 0.15) is 22.8 Å². The number of rotatable bonds is 5. The summed E-state index contributed by atoms with van der Waals surface area (Å²) in [5.41, 5.74) is 1.50. The summed E-state index contributed by atoms with van der Waals surface area (Å²) in [7, 11) is 0. The van der Waals surface area contributed by atoms with E-state index in [4.69, 9.17) is 9.47 Å². The molecular formula is C16H15BrO3. The monoisotopic (exact) mass is 334 g/mol. The largest absolute Gasteiger partial charge is 0.489 e. The molecule has 0 saturated carbocycles. The molecule has 0 aliphatic carbocycles. The van der Waals surface area contributed by atoms with Crippen molar-refractivity contribution < 1.29 is 14.3 Å². The molecule has 0 aromatic heterocycles. The summed E-state index contributed by atoms with van der Waals surface area (Å²) in [6, 6.07) is 15.0. The topological polar surface area (TPSA) is 35.5 Å². The quantitative estimate of drug-likeness (QED) is 0.768. The van der Waals surface area contributed by atoms with Crippen LogP contribution in [0.25, 0.3) is 0 Å². The van der Waals surface area contributed by atoms with Crippen LogP contribution >= 0.6 is 15.9 Å². The number of carbonyl (C=O) groups is 1. The van der Waals surface area contributed by atoms with Gasteiger partial charge in [0.05, 0.1) is 12.2 Å². The van der Waals surface area contributed by atoms with Gasteiger partial charge in [0, 0.05) is 10.0 Å². The van der Waals surface area contributed by atoms with E-state index in [2.05, 4.69) is 15.9 Å². The smallest absolute Gasteiger partial charge is 0.338 e. The van der Waals surface area contributed by atoms with Gasteiger partial charge in [-0.2, -0.15) is 0 Å². The van der Waals surface area contributed by atoms with Crippen LogP contribution in [0.5, 0.6) is 5.75 Å². The molecule has 0 unspecified atom stereocenters. The van der Waals surface area contributed by atoms with Gasteiger partial charge in [0.25, 0.3) is 0 Å². The Balaban J connectivity index is 2.04. The normalized spacial score (nSPS) is 10.1. The van der Waals surface area contributed by atoms with E-state index < -0.39 is 0 Å². The highest BCUT2D eigenvalue weighted by molar-refractivity contribution is 9.10. The van der Waals surface area contributed by atoms with Crippen molar-refractivity contribution >= 4 is 21.9 Å². The van der Waals surface area contributed by atoms with Crippen LogP contribution in [0.4, 0.5) is 0 Å². The second-order valence-electron chi connectivity index (χ2n) is 4.13. The first-order valence-corrected chi connectivity index (χ1v) is 7.13. The number of para-hydroxylation sites is 1. The lowest BCUT2D eigenvalue weighted by molar-refractivity contribution is 0.0526. The number of halogens is 1. The van der Waals surface area contributed by atoms with Gasteiger partial charge >= 0.3 is 5.97 Å². The van der Waals surface area contributed by atoms with Gasteiger partial charge in [0.1, 0.15) is 12.4 Å². The number of carbonyl (C=O) groups excluding carboxylic acids is 1. The van der Waals surface area contributed by atoms with Crippen molar-refractivity contribution in [2.24, 2.45) is 0 Å². The van der Waals surface area contributed by atoms with Gasteiger partial charge in [-0.25, -0.2) is 4.79 Å². The molecule has 0 heterocycles. The molecule has 2 aromatic rings. The molecular weight excluding hydrogens is 320 g/mol. The highest BCUT2D eigenvalue weighted by Crippen LogP contribution is 2.21. The molecule has 3 nitrogen and oxygen atoms in total. The van der Waals surface area contributed by atoms with E-state index in [1.165, 1.54) is 0 Å². The molecule has 104 valence electrons. The first-order valence-electron chi connectivity index (χ1n) is 6.34. The lowest BCUT2D eigenvalue weighted by Gasteiger charge is -2.09. The zero-order valence-electron chi connectivity index (χ0n) is 11.1. The molecule has 0 spiro atoms. The average molecular weight is 335 g/mol. The van der Waals surface area contributed by atoms with Gasteiger partial charge in [-0.15, -0.1) is 0 Å². The fraction of sp³-hybridized carbons (Fsp3) is 0.188. The zero-order valence-corrected chi connectivity index (χ0v) is 12.7. The van der Waals surface area contributed by atoms with Gasteiger partial charge in [0.2, 0.25) is 0 Å². The van der Waals surface area contributed by atoms with Crippen molar-refractivity contribution in [3.8, 4) is 5.75 Å². The zero-order chi connectivity index (χ0) is 14.4. The number of hydrogen-bond acceptors (Lipinski definition) is 3. The van der Waals surface area contributed by atoms with Gasteiger partial charge in [-0.3, -0.25) is 0 Å². The van der Waals surface area contributed by atoms with E-state index in [0.29, 0.717) is 18.8 Å². The second kappa shape index (κ2) is 7.10. The minimum absolute atomic E-state index is 0.316. The van der Waals surface area contributed by atoms with Crippen LogP contribution in [0, 0.1) is 0 Å². The molecule has 0 bridgehead atoms. The van der Waals surface area contributed by atoms with E-state index in [1.54, 1.807) is 19.1 Å². The van der Waals surface area contributed by atoms with Crippen molar-refractivity contribution in [2.45, 2.75) is 13.5 Å². The lowest BCUT2D eigenvalue weighted by atomic mass is 10.1. The third-order valence-electron chi connectivity index (χ3n) is 2.70. The van der Waals surface area contributed by atoms with Crippen LogP contribution in [0.3, 0.4) is 0 Å². The van der Waals surface area contributed by atoms with Crippen LogP contribution < -0.4 is 4.74 Å². The molecule has 4 heteroatoms. The summed E-state index contributed by atoms with van der Waals surface area (Å²) in [4.78, 5) is 11.6. The maximum atomic E-state index is 11.6. The average Bonchev–Trinajstić information content (AvgIpc) is 2.47. The Bertz CT molecular complexity index is 582. The predicted molar refractivity (Wildman–Crippen MR) is 80.9 cm³/mol. The summed E-state index contributed by atoms with van der Waals surface area (Å²) >= 11 is 3.45. The summed E-state index contributed by atoms with van der Waals surface area (Å²) in [5, 5.41) is 0. The highest BCUT2D eigenvalue weighted by atomic mass is 79.9. The lowest BCUT2D eigenvalue weighted by Crippen LogP contribution is -2.05. The number of ether oxygens (including phenoxy) is 2. The van der Waals surface area contributed by atoms with Crippen LogP contribution in [-0.2, 0) is 11.3 Å². The van der Waals surface area contributed by atoms with Gasteiger partial charge in [-0.05, 0) is 31.2 Å². The molecule has 0 N–H and O–H groups in total. The van der Waals surface area contributed by atoms with E-state index in [0.717, 1.165) is 15.8 Å². The fourth-order valence-electron chi connectivity index (χ4n) is 1.68. The van der Waals surface area contributed by atoms with Crippen LogP contribution in [0.2, 0.25) is 0 Å². The van der Waals surface area contributed by atoms with Crippen LogP contribution in [-0.4, -0.2) is 12.6 Å². The molecule has 0 fully saturated rings. The summed E-state index contributed by atoms with van der Waals surface area (Å²) in [6.07, 6.45) is 0. The van der Waals surface area contributed by atoms with E-state index >= 15 is 0 Å². The Hall–Kier alpha value is -1.81. The number of hydrogen-bond donors (Lipinski definition) is 0. The van der Waals surface area contributed by atoms with Crippen molar-refractivity contribution in [1.82, 2.24) is 0 Å². The minimum Gasteiger partial charge on any atom is -0.489 e. The number of esters is 1. The van der Waals surface area contributed by atoms with Gasteiger partial charge in [0.15, 0.2) is 0 Å². The molecule has 0 saturated heterocycles. The highest BCUT2D eigenvalue weighted by Gasteiger charge is 2.09. The predicted octanol–water partition coefficient (Wildman–Crippen LogP) is 4.20. The van der Waals surface area contributed by atoms with Gasteiger partial charge < -0.3 is 9.47 Å². The fourth-order valence-corrected chi connectivity index (χ4v) is 2.18. The molecule has 0 aliphatic heterocycles. The Morgan fingerprint density at radius 1 is 1.15 bits per heavy atom. The Kier molecular flexibility index (Phi) is 5.18. The van der Waals surface area contributed by atoms with Crippen molar-refractivity contribution in [2.75, 3.05) is 6.61 Å². The molecule has 0 aliphatic rings. The van der Waals surface area contributed by atoms with Gasteiger partial charge in [-0.1, -0.05) is 40.2 Å². The molecule has 2 aromatic carbocycles. The molecule has 0 atom stereocenters. The van der Waals surface area contributed by atoms with E-state index in [-0.39, 0.29) is 5.97 Å². The minimum atomic E-state index is -0.316. The molecule has 0 amide bonds. The summed E-state index contributed by atoms with van der Waals surface area (Å²) in [6.45, 7) is 2.60. The first kappa shape index (κ1) is 14.6. The van der Waals surface area contributed by atoms with Crippen molar-refractivity contribution in [1.29, 1.82) is 0 Å². The van der Waals surface area contributed by atoms with Crippen LogP contribution in [0.15, 0.2) is 53.0 Å². The third kappa shape index (κ3) is 3.84. The second-order valence-corrected chi connectivity index (χ2v) is 4.98. The summed E-state index contributed by atoms with van der Waals surface area (Å²) in [5.74, 6) is 0.498. The third-order valence-corrected chi connectivity index (χ3v) is 3.44. The molecule has 20 heavy (non-hydrogen) atoms. The molecule has 0 radical (unpaired) electrons. The van der Waals surface area contributed by atoms with E-state index in [9.17, 15) is 4.79 Å². The Labute approximate surface area is 126 Å².